The molecule has 0 heteroatoms. The average Bonchev–Trinajstić information content (AvgIpc) is 2.38. The van der Waals surface area contributed by atoms with Crippen LogP contribution in [0, 0.1) is 20.8 Å². The number of aryl methyl sites for hydroxylation is 3. The third-order valence-corrected chi connectivity index (χ3v) is 3.61. The first-order valence-electron chi connectivity index (χ1n) is 6.71. The first-order valence-corrected chi connectivity index (χ1v) is 6.71. The minimum Gasteiger partial charge on any atom is -0.0587 e. The lowest BCUT2D eigenvalue weighted by atomic mass is 9.94. The fourth-order valence-corrected chi connectivity index (χ4v) is 2.61. The Labute approximate surface area is 114 Å². The fourth-order valence-electron chi connectivity index (χ4n) is 2.61. The van der Waals surface area contributed by atoms with Gasteiger partial charge in [-0.2, -0.15) is 0 Å². The predicted octanol–water partition coefficient (Wildman–Crippen LogP) is 5.43. The SMILES string of the molecule is Cc1ccc(-c2cc(C)cc3cc(C)ccc23)cc1. The topological polar surface area (TPSA) is 0 Å². The lowest BCUT2D eigenvalue weighted by Crippen LogP contribution is -1.85. The van der Waals surface area contributed by atoms with Crippen LogP contribution in [0.2, 0.25) is 0 Å². The molecule has 0 aliphatic heterocycles. The first-order chi connectivity index (χ1) is 9.13. The minimum atomic E-state index is 1.29. The molecule has 19 heavy (non-hydrogen) atoms. The molecule has 0 amide bonds. The molecule has 0 unspecified atom stereocenters. The van der Waals surface area contributed by atoms with Crippen LogP contribution in [-0.2, 0) is 0 Å². The summed E-state index contributed by atoms with van der Waals surface area (Å²) in [7, 11) is 0. The molecule has 3 aromatic rings. The second kappa shape index (κ2) is 4.55. The van der Waals surface area contributed by atoms with Gasteiger partial charge in [0.2, 0.25) is 0 Å². The summed E-state index contributed by atoms with van der Waals surface area (Å²) in [5, 5.41) is 2.66. The average molecular weight is 246 g/mol. The zero-order valence-corrected chi connectivity index (χ0v) is 11.7. The van der Waals surface area contributed by atoms with E-state index in [1.54, 1.807) is 0 Å². The van der Waals surface area contributed by atoms with E-state index in [0.717, 1.165) is 0 Å². The third kappa shape index (κ3) is 2.26. The van der Waals surface area contributed by atoms with Gasteiger partial charge >= 0.3 is 0 Å². The van der Waals surface area contributed by atoms with Crippen molar-refractivity contribution in [2.24, 2.45) is 0 Å². The van der Waals surface area contributed by atoms with Gasteiger partial charge in [0.15, 0.2) is 0 Å². The van der Waals surface area contributed by atoms with Crippen molar-refractivity contribution in [3.63, 3.8) is 0 Å². The Morgan fingerprint density at radius 3 is 1.95 bits per heavy atom. The van der Waals surface area contributed by atoms with Crippen LogP contribution in [0.3, 0.4) is 0 Å². The van der Waals surface area contributed by atoms with Crippen molar-refractivity contribution in [2.45, 2.75) is 20.8 Å². The molecule has 0 fully saturated rings. The van der Waals surface area contributed by atoms with Gasteiger partial charge < -0.3 is 0 Å². The normalized spacial score (nSPS) is 10.9. The van der Waals surface area contributed by atoms with Crippen LogP contribution in [0.15, 0.2) is 54.6 Å². The lowest BCUT2D eigenvalue weighted by Gasteiger charge is -2.10. The molecule has 0 aromatic heterocycles. The quantitative estimate of drug-likeness (QED) is 0.537. The Bertz CT molecular complexity index is 729. The van der Waals surface area contributed by atoms with Gasteiger partial charge in [-0.15, -0.1) is 0 Å². The molecule has 0 spiro atoms. The minimum absolute atomic E-state index is 1.29. The molecule has 0 atom stereocenters. The summed E-state index contributed by atoms with van der Waals surface area (Å²) in [6.07, 6.45) is 0. The van der Waals surface area contributed by atoms with Gasteiger partial charge in [0, 0.05) is 0 Å². The maximum Gasteiger partial charge on any atom is -0.0103 e. The Morgan fingerprint density at radius 1 is 0.579 bits per heavy atom. The molecule has 0 aliphatic rings. The molecule has 0 saturated heterocycles. The van der Waals surface area contributed by atoms with Crippen molar-refractivity contribution in [1.82, 2.24) is 0 Å². The zero-order chi connectivity index (χ0) is 13.4. The van der Waals surface area contributed by atoms with Crippen LogP contribution in [0.4, 0.5) is 0 Å². The molecule has 94 valence electrons. The Hall–Kier alpha value is -2.08. The molecule has 3 rings (SSSR count). The Balaban J connectivity index is 2.30. The first kappa shape index (κ1) is 12.0. The molecule has 0 heterocycles. The standard InChI is InChI=1S/C19H18/c1-13-4-7-16(8-5-13)19-12-15(3)11-17-10-14(2)6-9-18(17)19/h4-12H,1-3H3. The van der Waals surface area contributed by atoms with Crippen molar-refractivity contribution < 1.29 is 0 Å². The summed E-state index contributed by atoms with van der Waals surface area (Å²) in [6.45, 7) is 6.44. The van der Waals surface area contributed by atoms with Crippen LogP contribution in [-0.4, -0.2) is 0 Å². The van der Waals surface area contributed by atoms with Crippen LogP contribution in [0.1, 0.15) is 16.7 Å². The Kier molecular flexibility index (Phi) is 2.87. The molecule has 0 bridgehead atoms. The highest BCUT2D eigenvalue weighted by atomic mass is 14.1. The summed E-state index contributed by atoms with van der Waals surface area (Å²) < 4.78 is 0. The van der Waals surface area contributed by atoms with E-state index in [1.807, 2.05) is 0 Å². The summed E-state index contributed by atoms with van der Waals surface area (Å²) in [4.78, 5) is 0. The van der Waals surface area contributed by atoms with Gasteiger partial charge in [-0.3, -0.25) is 0 Å². The van der Waals surface area contributed by atoms with Crippen LogP contribution < -0.4 is 0 Å². The second-order valence-electron chi connectivity index (χ2n) is 5.40. The maximum absolute atomic E-state index is 2.28. The van der Waals surface area contributed by atoms with Gasteiger partial charge in [0.05, 0.1) is 0 Å². The van der Waals surface area contributed by atoms with E-state index in [4.69, 9.17) is 0 Å². The molecular weight excluding hydrogens is 228 g/mol. The van der Waals surface area contributed by atoms with Crippen molar-refractivity contribution >= 4 is 10.8 Å². The fraction of sp³-hybridized carbons (Fsp3) is 0.158. The number of fused-ring (bicyclic) bond motifs is 1. The van der Waals surface area contributed by atoms with Crippen LogP contribution >= 0.6 is 0 Å². The Morgan fingerprint density at radius 2 is 1.21 bits per heavy atom. The van der Waals surface area contributed by atoms with Gasteiger partial charge in [0.1, 0.15) is 0 Å². The van der Waals surface area contributed by atoms with E-state index in [9.17, 15) is 0 Å². The van der Waals surface area contributed by atoms with Crippen molar-refractivity contribution in [3.05, 3.63) is 71.3 Å². The molecule has 0 nitrogen and oxygen atoms in total. The lowest BCUT2D eigenvalue weighted by molar-refractivity contribution is 1.45. The molecular formula is C19H18. The number of rotatable bonds is 1. The van der Waals surface area contributed by atoms with Gasteiger partial charge in [-0.25, -0.2) is 0 Å². The predicted molar refractivity (Wildman–Crippen MR) is 83.6 cm³/mol. The highest BCUT2D eigenvalue weighted by Gasteiger charge is 2.05. The summed E-state index contributed by atoms with van der Waals surface area (Å²) in [5.41, 5.74) is 6.55. The summed E-state index contributed by atoms with van der Waals surface area (Å²) >= 11 is 0. The molecule has 0 aliphatic carbocycles. The van der Waals surface area contributed by atoms with E-state index >= 15 is 0 Å². The van der Waals surface area contributed by atoms with E-state index in [1.165, 1.54) is 38.6 Å². The van der Waals surface area contributed by atoms with Gasteiger partial charge in [0.25, 0.3) is 0 Å². The number of hydrogen-bond donors (Lipinski definition) is 0. The van der Waals surface area contributed by atoms with E-state index in [0.29, 0.717) is 0 Å². The smallest absolute Gasteiger partial charge is 0.0103 e. The van der Waals surface area contributed by atoms with Crippen LogP contribution in [0.25, 0.3) is 21.9 Å². The number of hydrogen-bond acceptors (Lipinski definition) is 0. The number of benzene rings is 3. The van der Waals surface area contributed by atoms with Gasteiger partial charge in [-0.1, -0.05) is 65.7 Å². The largest absolute Gasteiger partial charge is 0.0587 e. The van der Waals surface area contributed by atoms with Crippen molar-refractivity contribution in [1.29, 1.82) is 0 Å². The summed E-state index contributed by atoms with van der Waals surface area (Å²) in [6, 6.07) is 20.0. The van der Waals surface area contributed by atoms with Gasteiger partial charge in [-0.05, 0) is 48.2 Å². The second-order valence-corrected chi connectivity index (χ2v) is 5.40. The monoisotopic (exact) mass is 246 g/mol. The molecule has 0 radical (unpaired) electrons. The van der Waals surface area contributed by atoms with E-state index in [2.05, 4.69) is 75.4 Å². The highest BCUT2D eigenvalue weighted by molar-refractivity contribution is 5.97. The van der Waals surface area contributed by atoms with E-state index in [-0.39, 0.29) is 0 Å². The molecule has 0 saturated carbocycles. The molecule has 0 N–H and O–H groups in total. The third-order valence-electron chi connectivity index (χ3n) is 3.61. The van der Waals surface area contributed by atoms with Crippen LogP contribution in [0.5, 0.6) is 0 Å². The maximum atomic E-state index is 2.28. The van der Waals surface area contributed by atoms with Crippen molar-refractivity contribution in [3.8, 4) is 11.1 Å². The summed E-state index contributed by atoms with van der Waals surface area (Å²) in [5.74, 6) is 0. The van der Waals surface area contributed by atoms with Crippen molar-refractivity contribution in [2.75, 3.05) is 0 Å². The van der Waals surface area contributed by atoms with E-state index < -0.39 is 0 Å². The highest BCUT2D eigenvalue weighted by Crippen LogP contribution is 2.30. The zero-order valence-electron chi connectivity index (χ0n) is 11.7. The molecule has 3 aromatic carbocycles.